The molecule has 1 amide bonds. The summed E-state index contributed by atoms with van der Waals surface area (Å²) in [6.45, 7) is 19.0. The molecule has 0 spiro atoms. The van der Waals surface area contributed by atoms with Gasteiger partial charge in [0.05, 0.1) is 29.0 Å². The molecule has 3 saturated heterocycles. The van der Waals surface area contributed by atoms with Gasteiger partial charge in [-0.1, -0.05) is 52.3 Å². The van der Waals surface area contributed by atoms with Crippen molar-refractivity contribution in [3.8, 4) is 17.7 Å². The summed E-state index contributed by atoms with van der Waals surface area (Å²) in [6.07, 6.45) is 16.2. The third kappa shape index (κ3) is 11.9. The Kier molecular flexibility index (Phi) is 16.5. The van der Waals surface area contributed by atoms with Crippen LogP contribution in [0.15, 0.2) is 61.2 Å². The van der Waals surface area contributed by atoms with Crippen molar-refractivity contribution in [2.24, 2.45) is 22.7 Å². The first kappa shape index (κ1) is 52.1. The Labute approximate surface area is 435 Å². The fourth-order valence-corrected chi connectivity index (χ4v) is 12.2. The van der Waals surface area contributed by atoms with Gasteiger partial charge < -0.3 is 44.7 Å². The molecule has 4 fully saturated rings. The molecule has 1 atom stereocenters. The monoisotopic (exact) mass is 1020 g/mol. The van der Waals surface area contributed by atoms with Crippen molar-refractivity contribution < 1.29 is 24.1 Å². The lowest BCUT2D eigenvalue weighted by Gasteiger charge is -2.63. The number of rotatable bonds is 20. The first-order valence-electron chi connectivity index (χ1n) is 26.5. The molecule has 390 valence electrons. The van der Waals surface area contributed by atoms with Crippen molar-refractivity contribution in [3.05, 3.63) is 88.5 Å². The van der Waals surface area contributed by atoms with Gasteiger partial charge in [0, 0.05) is 111 Å². The van der Waals surface area contributed by atoms with Crippen molar-refractivity contribution in [3.63, 3.8) is 0 Å². The number of hydrogen-bond donors (Lipinski definition) is 3. The van der Waals surface area contributed by atoms with Crippen LogP contribution in [0.4, 0.5) is 17.6 Å². The van der Waals surface area contributed by atoms with E-state index in [0.717, 1.165) is 126 Å². The fourth-order valence-electron chi connectivity index (χ4n) is 11.9. The smallest absolute Gasteiger partial charge is 0.254 e. The number of likely N-dealkylation sites (tertiary alicyclic amines) is 1. The Hall–Kier alpha value is -5.80. The van der Waals surface area contributed by atoms with Gasteiger partial charge in [-0.3, -0.25) is 4.79 Å². The zero-order valence-electron chi connectivity index (χ0n) is 43.2. The van der Waals surface area contributed by atoms with E-state index in [9.17, 15) is 15.2 Å². The molecular formula is C55H73ClN12O5. The number of piperidine rings is 3. The lowest BCUT2D eigenvalue weighted by Crippen LogP contribution is -2.74. The number of fused-ring (bicyclic) bond motifs is 1. The quantitative estimate of drug-likeness (QED) is 0.0636. The Morgan fingerprint density at radius 1 is 0.904 bits per heavy atom. The number of halogens is 1. The molecule has 7 heterocycles. The number of anilines is 3. The summed E-state index contributed by atoms with van der Waals surface area (Å²) >= 11 is 6.27. The molecule has 1 aromatic carbocycles. The maximum absolute atomic E-state index is 13.5. The van der Waals surface area contributed by atoms with E-state index in [4.69, 9.17) is 30.8 Å². The van der Waals surface area contributed by atoms with Crippen molar-refractivity contribution in [1.82, 2.24) is 39.8 Å². The van der Waals surface area contributed by atoms with Crippen LogP contribution >= 0.6 is 11.6 Å². The average molecular weight is 1020 g/mol. The first-order valence-corrected chi connectivity index (χ1v) is 26.8. The van der Waals surface area contributed by atoms with E-state index in [1.165, 1.54) is 6.42 Å². The fraction of sp³-hybridized carbons (Fsp3) is 0.582. The molecule has 3 aliphatic heterocycles. The summed E-state index contributed by atoms with van der Waals surface area (Å²) in [5.74, 6) is 4.63. The van der Waals surface area contributed by atoms with Gasteiger partial charge in [-0.2, -0.15) is 14.9 Å². The van der Waals surface area contributed by atoms with Crippen molar-refractivity contribution in [1.29, 1.82) is 5.26 Å². The van der Waals surface area contributed by atoms with E-state index in [0.29, 0.717) is 65.3 Å². The maximum atomic E-state index is 13.5. The molecule has 4 aliphatic rings. The molecule has 18 heteroatoms. The second kappa shape index (κ2) is 23.2. The van der Waals surface area contributed by atoms with E-state index in [-0.39, 0.29) is 41.5 Å². The predicted molar refractivity (Wildman–Crippen MR) is 282 cm³/mol. The summed E-state index contributed by atoms with van der Waals surface area (Å²) in [5.41, 5.74) is 3.10. The molecule has 4 aromatic heterocycles. The number of carbonyl (C=O) groups excluding carboxylic acids is 1. The molecule has 0 bridgehead atoms. The van der Waals surface area contributed by atoms with Gasteiger partial charge in [-0.05, 0) is 100 Å². The van der Waals surface area contributed by atoms with Crippen LogP contribution in [0.5, 0.6) is 11.6 Å². The third-order valence-corrected chi connectivity index (χ3v) is 16.2. The number of pyridine rings is 1. The highest BCUT2D eigenvalue weighted by molar-refractivity contribution is 6.31. The number of ether oxygens (including phenoxy) is 3. The number of nitriles is 1. The Morgan fingerprint density at radius 3 is 2.37 bits per heavy atom. The van der Waals surface area contributed by atoms with Crippen LogP contribution in [0.2, 0.25) is 5.02 Å². The standard InChI is InChI=1S/C55H73ClN12O5/c1-6-40-34-62-68-46(28-47(63-49(40)68)67-19-8-7-9-43(67)18-24-69)58-30-39-10-13-48(59-31-39)72-26-25-71-36-38-14-20-65(21-15-38)35-37-16-22-66(23-17-37)53-60-32-42(33-61-53)50(70)64-51-54(2,3)52(55(51,4)5)73-44-12-11-41(29-57)45(56)27-44/h10-13,27-28,31-34,37-38,43,51-52,58,69H,6-9,14-26,30,35-36H2,1-5H3,(H,64,70)/t43-,51?,52?/m0/s1. The maximum Gasteiger partial charge on any atom is 0.254 e. The predicted octanol–water partition coefficient (Wildman–Crippen LogP) is 7.99. The first-order chi connectivity index (χ1) is 35.3. The second-order valence-electron chi connectivity index (χ2n) is 21.6. The minimum absolute atomic E-state index is 0.156. The zero-order chi connectivity index (χ0) is 51.1. The van der Waals surface area contributed by atoms with Gasteiger partial charge >= 0.3 is 0 Å². The second-order valence-corrected chi connectivity index (χ2v) is 22.0. The van der Waals surface area contributed by atoms with Crippen LogP contribution in [0.1, 0.15) is 113 Å². The number of hydrogen-bond acceptors (Lipinski definition) is 15. The van der Waals surface area contributed by atoms with Gasteiger partial charge in [0.15, 0.2) is 5.65 Å². The van der Waals surface area contributed by atoms with Crippen LogP contribution in [0.3, 0.4) is 0 Å². The summed E-state index contributed by atoms with van der Waals surface area (Å²) < 4.78 is 20.3. The topological polar surface area (TPSA) is 191 Å². The Bertz CT molecular complexity index is 2660. The number of nitrogens with zero attached hydrogens (tertiary/aromatic N) is 10. The Morgan fingerprint density at radius 2 is 1.67 bits per heavy atom. The molecule has 0 unspecified atom stereocenters. The average Bonchev–Trinajstić information content (AvgIpc) is 3.83. The molecule has 3 N–H and O–H groups in total. The van der Waals surface area contributed by atoms with E-state index in [1.807, 2.05) is 29.0 Å². The minimum Gasteiger partial charge on any atom is -0.489 e. The number of aliphatic hydroxyl groups is 1. The van der Waals surface area contributed by atoms with E-state index < -0.39 is 0 Å². The molecule has 1 aliphatic carbocycles. The van der Waals surface area contributed by atoms with Gasteiger partial charge in [0.1, 0.15) is 36.2 Å². The molecule has 9 rings (SSSR count). The molecule has 73 heavy (non-hydrogen) atoms. The van der Waals surface area contributed by atoms with E-state index in [2.05, 4.69) is 92.1 Å². The summed E-state index contributed by atoms with van der Waals surface area (Å²) in [6, 6.07) is 13.3. The molecule has 5 aromatic rings. The SMILES string of the molecule is CCc1cnn2c(NCc3ccc(OCCOCC4CCN(CC5CCN(c6ncc(C(=O)NC7C(C)(C)C(Oc8ccc(C#N)c(Cl)c8)C7(C)C)cn6)CC5)CC4)nc3)cc(N3CCCC[C@H]3CCO)nc12. The number of aryl methyl sites for hydroxylation is 1. The lowest BCUT2D eigenvalue weighted by molar-refractivity contribution is -0.164. The number of amides is 1. The van der Waals surface area contributed by atoms with Crippen LogP contribution < -0.4 is 29.9 Å². The summed E-state index contributed by atoms with van der Waals surface area (Å²) in [7, 11) is 0. The number of carbonyl (C=O) groups is 1. The number of nitrogens with one attached hydrogen (secondary N) is 2. The largest absolute Gasteiger partial charge is 0.489 e. The van der Waals surface area contributed by atoms with Crippen molar-refractivity contribution in [2.45, 2.75) is 117 Å². The molecular weight excluding hydrogens is 944 g/mol. The Balaban J connectivity index is 0.646. The zero-order valence-corrected chi connectivity index (χ0v) is 44.0. The van der Waals surface area contributed by atoms with Gasteiger partial charge in [-0.15, -0.1) is 0 Å². The van der Waals surface area contributed by atoms with Crippen molar-refractivity contribution >= 4 is 40.7 Å². The minimum atomic E-state index is -0.371. The highest BCUT2D eigenvalue weighted by atomic mass is 35.5. The molecule has 1 saturated carbocycles. The number of aromatic nitrogens is 6. The third-order valence-electron chi connectivity index (χ3n) is 15.8. The summed E-state index contributed by atoms with van der Waals surface area (Å²) in [4.78, 5) is 39.6. The molecule has 0 radical (unpaired) electrons. The van der Waals surface area contributed by atoms with E-state index >= 15 is 0 Å². The van der Waals surface area contributed by atoms with Crippen LogP contribution in [-0.4, -0.2) is 129 Å². The van der Waals surface area contributed by atoms with Crippen LogP contribution in [0.25, 0.3) is 5.65 Å². The van der Waals surface area contributed by atoms with Gasteiger partial charge in [0.25, 0.3) is 5.91 Å². The van der Waals surface area contributed by atoms with Crippen LogP contribution in [0, 0.1) is 34.0 Å². The van der Waals surface area contributed by atoms with Gasteiger partial charge in [0.2, 0.25) is 11.8 Å². The van der Waals surface area contributed by atoms with Gasteiger partial charge in [-0.25, -0.2) is 19.9 Å². The highest BCUT2D eigenvalue weighted by Gasteiger charge is 2.64. The molecule has 17 nitrogen and oxygen atoms in total. The van der Waals surface area contributed by atoms with E-state index in [1.54, 1.807) is 30.6 Å². The normalized spacial score (nSPS) is 21.4. The number of benzene rings is 1. The van der Waals surface area contributed by atoms with Crippen molar-refractivity contribution in [2.75, 3.05) is 80.8 Å². The van der Waals surface area contributed by atoms with Crippen LogP contribution in [-0.2, 0) is 17.7 Å². The number of aliphatic hydroxyl groups excluding tert-OH is 1. The lowest BCUT2D eigenvalue weighted by atomic mass is 9.49. The highest BCUT2D eigenvalue weighted by Crippen LogP contribution is 2.55. The summed E-state index contributed by atoms with van der Waals surface area (Å²) in [5, 5.41) is 30.8.